The molecule has 1 atom stereocenters. The quantitative estimate of drug-likeness (QED) is 0.804. The predicted molar refractivity (Wildman–Crippen MR) is 65.3 cm³/mol. The third kappa shape index (κ3) is 1.69. The molecule has 1 aromatic carbocycles. The normalized spacial score (nSPS) is 21.4. The van der Waals surface area contributed by atoms with E-state index < -0.39 is 0 Å². The van der Waals surface area contributed by atoms with Gasteiger partial charge in [-0.25, -0.2) is 0 Å². The topological polar surface area (TPSA) is 64.9 Å². The zero-order chi connectivity index (χ0) is 12.0. The zero-order valence-corrected chi connectivity index (χ0v) is 9.97. The molecular weight excluding hydrogens is 214 g/mol. The van der Waals surface area contributed by atoms with Crippen LogP contribution in [0.5, 0.6) is 0 Å². The molecule has 3 rings (SSSR count). The highest BCUT2D eigenvalue weighted by Crippen LogP contribution is 2.57. The number of hydrogen-bond acceptors (Lipinski definition) is 4. The van der Waals surface area contributed by atoms with E-state index in [1.54, 1.807) is 0 Å². The molecule has 0 aliphatic heterocycles. The summed E-state index contributed by atoms with van der Waals surface area (Å²) in [7, 11) is 0. The van der Waals surface area contributed by atoms with Crippen LogP contribution in [-0.2, 0) is 0 Å². The van der Waals surface area contributed by atoms with E-state index in [1.807, 2.05) is 24.3 Å². The van der Waals surface area contributed by atoms with Gasteiger partial charge in [0.05, 0.1) is 5.56 Å². The molecule has 0 spiro atoms. The summed E-state index contributed by atoms with van der Waals surface area (Å²) in [5, 5.41) is 4.05. The van der Waals surface area contributed by atoms with Crippen LogP contribution >= 0.6 is 0 Å². The van der Waals surface area contributed by atoms with E-state index >= 15 is 0 Å². The Morgan fingerprint density at radius 1 is 1.35 bits per heavy atom. The van der Waals surface area contributed by atoms with E-state index in [4.69, 9.17) is 10.3 Å². The summed E-state index contributed by atoms with van der Waals surface area (Å²) in [5.41, 5.74) is 7.66. The van der Waals surface area contributed by atoms with Gasteiger partial charge in [0.15, 0.2) is 5.82 Å². The van der Waals surface area contributed by atoms with Crippen LogP contribution in [0, 0.1) is 5.41 Å². The average molecular weight is 229 g/mol. The summed E-state index contributed by atoms with van der Waals surface area (Å²) < 4.78 is 5.29. The van der Waals surface area contributed by atoms with Crippen molar-refractivity contribution < 1.29 is 4.52 Å². The van der Waals surface area contributed by atoms with Crippen molar-refractivity contribution in [2.45, 2.75) is 26.2 Å². The summed E-state index contributed by atoms with van der Waals surface area (Å²) in [6, 6.07) is 7.53. The van der Waals surface area contributed by atoms with Gasteiger partial charge in [0.25, 0.3) is 5.89 Å². The predicted octanol–water partition coefficient (Wildman–Crippen LogP) is 2.83. The number of aromatic nitrogens is 2. The fraction of sp³-hybridized carbons (Fsp3) is 0.385. The molecule has 0 bridgehead atoms. The number of para-hydroxylation sites is 1. The maximum atomic E-state index is 5.88. The molecule has 88 valence electrons. The summed E-state index contributed by atoms with van der Waals surface area (Å²) >= 11 is 0. The fourth-order valence-electron chi connectivity index (χ4n) is 2.09. The Morgan fingerprint density at radius 2 is 2.06 bits per heavy atom. The van der Waals surface area contributed by atoms with Crippen molar-refractivity contribution in [3.8, 4) is 11.5 Å². The largest absolute Gasteiger partial charge is 0.398 e. The smallest absolute Gasteiger partial charge is 0.260 e. The summed E-state index contributed by atoms with van der Waals surface area (Å²) in [4.78, 5) is 4.44. The van der Waals surface area contributed by atoms with Gasteiger partial charge in [-0.15, -0.1) is 0 Å². The van der Waals surface area contributed by atoms with Crippen LogP contribution in [0.3, 0.4) is 0 Å². The number of hydrogen-bond donors (Lipinski definition) is 1. The first-order valence-electron chi connectivity index (χ1n) is 5.76. The first kappa shape index (κ1) is 10.3. The summed E-state index contributed by atoms with van der Waals surface area (Å²) in [6.07, 6.45) is 1.12. The van der Waals surface area contributed by atoms with E-state index in [0.717, 1.165) is 17.8 Å². The average Bonchev–Trinajstić information content (AvgIpc) is 2.76. The van der Waals surface area contributed by atoms with Crippen LogP contribution < -0.4 is 5.73 Å². The van der Waals surface area contributed by atoms with Gasteiger partial charge >= 0.3 is 0 Å². The Labute approximate surface area is 99.8 Å². The Bertz CT molecular complexity index is 559. The monoisotopic (exact) mass is 229 g/mol. The number of nitrogen functional groups attached to an aromatic ring is 1. The van der Waals surface area contributed by atoms with Crippen molar-refractivity contribution in [2.75, 3.05) is 5.73 Å². The van der Waals surface area contributed by atoms with Crippen molar-refractivity contribution in [3.05, 3.63) is 30.1 Å². The maximum absolute atomic E-state index is 5.88. The molecule has 1 heterocycles. The molecule has 0 amide bonds. The first-order valence-corrected chi connectivity index (χ1v) is 5.76. The standard InChI is InChI=1S/C13H15N3O/c1-13(2)7-9(13)11-15-12(17-16-11)8-5-3-4-6-10(8)14/h3-6,9H,7,14H2,1-2H3. The van der Waals surface area contributed by atoms with Crippen molar-refractivity contribution in [3.63, 3.8) is 0 Å². The minimum absolute atomic E-state index is 0.309. The molecule has 17 heavy (non-hydrogen) atoms. The van der Waals surface area contributed by atoms with Crippen molar-refractivity contribution in [2.24, 2.45) is 5.41 Å². The van der Waals surface area contributed by atoms with Gasteiger partial charge in [-0.1, -0.05) is 31.1 Å². The van der Waals surface area contributed by atoms with Gasteiger partial charge in [0.1, 0.15) is 0 Å². The van der Waals surface area contributed by atoms with E-state index in [2.05, 4.69) is 24.0 Å². The van der Waals surface area contributed by atoms with Gasteiger partial charge in [0.2, 0.25) is 0 Å². The van der Waals surface area contributed by atoms with Crippen LogP contribution in [0.2, 0.25) is 0 Å². The van der Waals surface area contributed by atoms with Crippen LogP contribution in [0.4, 0.5) is 5.69 Å². The van der Waals surface area contributed by atoms with Gasteiger partial charge in [-0.2, -0.15) is 4.98 Å². The van der Waals surface area contributed by atoms with Gasteiger partial charge in [-0.05, 0) is 24.0 Å². The number of benzene rings is 1. The molecule has 4 heteroatoms. The van der Waals surface area contributed by atoms with Gasteiger partial charge < -0.3 is 10.3 Å². The molecule has 1 aromatic heterocycles. The molecule has 2 aromatic rings. The fourth-order valence-corrected chi connectivity index (χ4v) is 2.09. The molecule has 0 saturated heterocycles. The van der Waals surface area contributed by atoms with Crippen LogP contribution in [0.1, 0.15) is 32.0 Å². The minimum Gasteiger partial charge on any atom is -0.398 e. The lowest BCUT2D eigenvalue weighted by Gasteiger charge is -1.98. The molecule has 1 saturated carbocycles. The molecule has 0 radical (unpaired) electrons. The molecule has 4 nitrogen and oxygen atoms in total. The van der Waals surface area contributed by atoms with Gasteiger partial charge in [-0.3, -0.25) is 0 Å². The second kappa shape index (κ2) is 3.32. The van der Waals surface area contributed by atoms with E-state index in [-0.39, 0.29) is 0 Å². The summed E-state index contributed by atoms with van der Waals surface area (Å²) in [6.45, 7) is 4.43. The number of nitrogens with two attached hydrogens (primary N) is 1. The molecule has 1 fully saturated rings. The summed E-state index contributed by atoms with van der Waals surface area (Å²) in [5.74, 6) is 1.74. The maximum Gasteiger partial charge on any atom is 0.260 e. The van der Waals surface area contributed by atoms with Crippen molar-refractivity contribution in [1.29, 1.82) is 0 Å². The number of nitrogens with zero attached hydrogens (tertiary/aromatic N) is 2. The Hall–Kier alpha value is -1.84. The highest BCUT2D eigenvalue weighted by Gasteiger charge is 2.49. The van der Waals surface area contributed by atoms with Crippen LogP contribution in [0.15, 0.2) is 28.8 Å². The minimum atomic E-state index is 0.309. The van der Waals surface area contributed by atoms with Crippen molar-refractivity contribution in [1.82, 2.24) is 10.1 Å². The third-order valence-corrected chi connectivity index (χ3v) is 3.46. The highest BCUT2D eigenvalue weighted by atomic mass is 16.5. The lowest BCUT2D eigenvalue weighted by atomic mass is 10.1. The number of anilines is 1. The van der Waals surface area contributed by atoms with E-state index in [1.165, 1.54) is 0 Å². The van der Waals surface area contributed by atoms with Gasteiger partial charge in [0, 0.05) is 11.6 Å². The van der Waals surface area contributed by atoms with Crippen LogP contribution in [0.25, 0.3) is 11.5 Å². The van der Waals surface area contributed by atoms with E-state index in [0.29, 0.717) is 22.9 Å². The Morgan fingerprint density at radius 3 is 2.71 bits per heavy atom. The second-order valence-electron chi connectivity index (χ2n) is 5.29. The molecular formula is C13H15N3O. The Kier molecular flexibility index (Phi) is 2.02. The van der Waals surface area contributed by atoms with Crippen LogP contribution in [-0.4, -0.2) is 10.1 Å². The molecule has 1 unspecified atom stereocenters. The molecule has 1 aliphatic rings. The SMILES string of the molecule is CC1(C)CC1c1noc(-c2ccccc2N)n1. The lowest BCUT2D eigenvalue weighted by molar-refractivity contribution is 0.419. The second-order valence-corrected chi connectivity index (χ2v) is 5.29. The van der Waals surface area contributed by atoms with Crippen molar-refractivity contribution >= 4 is 5.69 Å². The zero-order valence-electron chi connectivity index (χ0n) is 9.97. The Balaban J connectivity index is 1.94. The first-order chi connectivity index (χ1) is 8.08. The molecule has 1 aliphatic carbocycles. The number of rotatable bonds is 2. The molecule has 2 N–H and O–H groups in total. The highest BCUT2D eigenvalue weighted by molar-refractivity contribution is 5.69. The lowest BCUT2D eigenvalue weighted by Crippen LogP contribution is -1.92. The third-order valence-electron chi connectivity index (χ3n) is 3.46. The van der Waals surface area contributed by atoms with E-state index in [9.17, 15) is 0 Å².